The number of thioether (sulfide) groups is 1. The van der Waals surface area contributed by atoms with Crippen molar-refractivity contribution in [1.82, 2.24) is 4.90 Å². The number of nitrogens with zero attached hydrogens (tertiary/aromatic N) is 1. The zero-order valence-electron chi connectivity index (χ0n) is 15.4. The Morgan fingerprint density at radius 1 is 1.10 bits per heavy atom. The predicted octanol–water partition coefficient (Wildman–Crippen LogP) is 4.02. The summed E-state index contributed by atoms with van der Waals surface area (Å²) in [7, 11) is 0. The normalized spacial score (nSPS) is 15.5. The molecule has 0 N–H and O–H groups in total. The molecule has 4 rings (SSSR count). The Kier molecular flexibility index (Phi) is 4.90. The number of fused-ring (bicyclic) bond motifs is 1. The molecule has 144 valence electrons. The van der Waals surface area contributed by atoms with Gasteiger partial charge in [0.1, 0.15) is 11.8 Å². The van der Waals surface area contributed by atoms with E-state index in [-0.39, 0.29) is 28.2 Å². The van der Waals surface area contributed by atoms with Gasteiger partial charge in [-0.05, 0) is 36.9 Å². The number of ketones is 1. The summed E-state index contributed by atoms with van der Waals surface area (Å²) in [5.74, 6) is -0.942. The van der Waals surface area contributed by atoms with E-state index < -0.39 is 11.1 Å². The van der Waals surface area contributed by atoms with Crippen molar-refractivity contribution in [2.75, 3.05) is 6.54 Å². The van der Waals surface area contributed by atoms with Gasteiger partial charge in [0.25, 0.3) is 11.1 Å². The van der Waals surface area contributed by atoms with Crippen molar-refractivity contribution in [3.63, 3.8) is 0 Å². The number of amides is 2. The summed E-state index contributed by atoms with van der Waals surface area (Å²) < 4.78 is 5.48. The summed E-state index contributed by atoms with van der Waals surface area (Å²) in [5, 5.41) is -0.149. The molecule has 7 heteroatoms. The fourth-order valence-electron chi connectivity index (χ4n) is 3.00. The van der Waals surface area contributed by atoms with Gasteiger partial charge in [-0.25, -0.2) is 0 Å². The molecule has 2 heterocycles. The summed E-state index contributed by atoms with van der Waals surface area (Å²) in [5.41, 5.74) is 1.65. The van der Waals surface area contributed by atoms with Gasteiger partial charge < -0.3 is 4.42 Å². The van der Waals surface area contributed by atoms with Crippen LogP contribution in [0.3, 0.4) is 0 Å². The highest BCUT2D eigenvalue weighted by atomic mass is 32.2. The monoisotopic (exact) mass is 405 g/mol. The van der Waals surface area contributed by atoms with Crippen molar-refractivity contribution in [3.8, 4) is 0 Å². The van der Waals surface area contributed by atoms with Gasteiger partial charge in [-0.3, -0.25) is 24.1 Å². The first kappa shape index (κ1) is 18.9. The Morgan fingerprint density at radius 2 is 1.86 bits per heavy atom. The second kappa shape index (κ2) is 7.52. The van der Waals surface area contributed by atoms with Crippen molar-refractivity contribution < 1.29 is 18.8 Å². The van der Waals surface area contributed by atoms with Crippen LogP contribution in [0.25, 0.3) is 17.0 Å². The smallest absolute Gasteiger partial charge is 0.293 e. The summed E-state index contributed by atoms with van der Waals surface area (Å²) in [4.78, 5) is 51.0. The molecule has 0 atom stereocenters. The van der Waals surface area contributed by atoms with E-state index in [0.717, 1.165) is 10.5 Å². The first-order valence-corrected chi connectivity index (χ1v) is 9.61. The van der Waals surface area contributed by atoms with Crippen molar-refractivity contribution in [1.29, 1.82) is 0 Å². The molecule has 1 saturated heterocycles. The molecule has 2 aromatic carbocycles. The van der Waals surface area contributed by atoms with Crippen LogP contribution in [0.4, 0.5) is 4.79 Å². The number of imide groups is 1. The third kappa shape index (κ3) is 3.64. The molecule has 0 bridgehead atoms. The van der Waals surface area contributed by atoms with E-state index >= 15 is 0 Å². The van der Waals surface area contributed by atoms with Crippen LogP contribution in [-0.4, -0.2) is 28.4 Å². The van der Waals surface area contributed by atoms with Crippen LogP contribution in [-0.2, 0) is 4.79 Å². The van der Waals surface area contributed by atoms with Crippen LogP contribution in [0.2, 0.25) is 0 Å². The molecule has 3 aromatic rings. The number of hydrogen-bond acceptors (Lipinski definition) is 6. The second-order valence-corrected chi connectivity index (χ2v) is 7.57. The first-order valence-electron chi connectivity index (χ1n) is 8.80. The van der Waals surface area contributed by atoms with Gasteiger partial charge >= 0.3 is 0 Å². The third-order valence-corrected chi connectivity index (χ3v) is 5.42. The zero-order chi connectivity index (χ0) is 20.5. The van der Waals surface area contributed by atoms with Gasteiger partial charge in [0.2, 0.25) is 0 Å². The Hall–Kier alpha value is -3.45. The van der Waals surface area contributed by atoms with E-state index in [2.05, 4.69) is 0 Å². The van der Waals surface area contributed by atoms with Crippen LogP contribution < -0.4 is 5.43 Å². The summed E-state index contributed by atoms with van der Waals surface area (Å²) in [6, 6.07) is 13.7. The lowest BCUT2D eigenvalue weighted by molar-refractivity contribution is -0.122. The Labute approximate surface area is 169 Å². The quantitative estimate of drug-likeness (QED) is 0.481. The number of aryl methyl sites for hydroxylation is 1. The number of benzene rings is 2. The maximum atomic E-state index is 12.7. The van der Waals surface area contributed by atoms with Gasteiger partial charge in [0.05, 0.1) is 22.4 Å². The van der Waals surface area contributed by atoms with Gasteiger partial charge in [-0.1, -0.05) is 42.0 Å². The number of Topliss-reactive ketones (excluding diaryl/α,β-unsaturated/α-hetero) is 1. The molecule has 1 aliphatic heterocycles. The Morgan fingerprint density at radius 3 is 2.62 bits per heavy atom. The molecule has 0 saturated carbocycles. The minimum atomic E-state index is -0.604. The summed E-state index contributed by atoms with van der Waals surface area (Å²) in [6.07, 6.45) is 2.61. The zero-order valence-corrected chi connectivity index (χ0v) is 16.2. The minimum Gasteiger partial charge on any atom is -0.463 e. The van der Waals surface area contributed by atoms with Crippen LogP contribution >= 0.6 is 11.8 Å². The molecule has 1 aliphatic rings. The minimum absolute atomic E-state index is 0.0789. The Balaban J connectivity index is 1.63. The molecule has 0 spiro atoms. The molecular weight excluding hydrogens is 390 g/mol. The fourth-order valence-corrected chi connectivity index (χ4v) is 3.83. The molecule has 0 aliphatic carbocycles. The largest absolute Gasteiger partial charge is 0.463 e. The predicted molar refractivity (Wildman–Crippen MR) is 111 cm³/mol. The molecule has 0 radical (unpaired) electrons. The highest BCUT2D eigenvalue weighted by molar-refractivity contribution is 8.18. The van der Waals surface area contributed by atoms with E-state index in [9.17, 15) is 19.2 Å². The van der Waals surface area contributed by atoms with Crippen LogP contribution in [0.1, 0.15) is 21.5 Å². The highest BCUT2D eigenvalue weighted by Gasteiger charge is 2.36. The maximum absolute atomic E-state index is 12.7. The Bertz CT molecular complexity index is 1240. The van der Waals surface area contributed by atoms with E-state index in [4.69, 9.17) is 4.42 Å². The number of carbonyl (C=O) groups excluding carboxylic acids is 3. The molecule has 6 nitrogen and oxygen atoms in total. The molecular formula is C22H15NO5S. The molecule has 29 heavy (non-hydrogen) atoms. The van der Waals surface area contributed by atoms with Gasteiger partial charge in [0, 0.05) is 5.56 Å². The van der Waals surface area contributed by atoms with Crippen LogP contribution in [0.15, 0.2) is 68.9 Å². The second-order valence-electron chi connectivity index (χ2n) is 6.58. The fraction of sp³-hybridized carbons (Fsp3) is 0.0909. The molecule has 2 amide bonds. The van der Waals surface area contributed by atoms with E-state index in [1.165, 1.54) is 12.3 Å². The SMILES string of the molecule is Cc1ccc2occ(/C=C3\SC(=O)N(CC(=O)c4ccccc4)C3=O)c(=O)c2c1. The number of rotatable bonds is 4. The van der Waals surface area contributed by atoms with Gasteiger partial charge in [-0.2, -0.15) is 0 Å². The molecule has 0 unspecified atom stereocenters. The standard InChI is InChI=1S/C22H15NO5S/c1-13-7-8-18-16(9-13)20(25)15(12-28-18)10-19-21(26)23(22(27)29-19)11-17(24)14-5-3-2-4-6-14/h2-10,12H,11H2,1H3/b19-10-. The van der Waals surface area contributed by atoms with E-state index in [0.29, 0.717) is 28.3 Å². The lowest BCUT2D eigenvalue weighted by atomic mass is 10.1. The van der Waals surface area contributed by atoms with E-state index in [1.54, 1.807) is 42.5 Å². The van der Waals surface area contributed by atoms with Crippen molar-refractivity contribution >= 4 is 45.7 Å². The number of hydrogen-bond donors (Lipinski definition) is 0. The van der Waals surface area contributed by atoms with Gasteiger partial charge in [-0.15, -0.1) is 0 Å². The van der Waals surface area contributed by atoms with Crippen molar-refractivity contribution in [2.45, 2.75) is 6.92 Å². The van der Waals surface area contributed by atoms with Crippen molar-refractivity contribution in [2.24, 2.45) is 0 Å². The maximum Gasteiger partial charge on any atom is 0.293 e. The molecule has 1 aromatic heterocycles. The average molecular weight is 405 g/mol. The van der Waals surface area contributed by atoms with Crippen LogP contribution in [0, 0.1) is 6.92 Å². The lowest BCUT2D eigenvalue weighted by Gasteiger charge is -2.11. The van der Waals surface area contributed by atoms with Crippen LogP contribution in [0.5, 0.6) is 0 Å². The molecule has 1 fully saturated rings. The number of carbonyl (C=O) groups is 3. The van der Waals surface area contributed by atoms with E-state index in [1.807, 2.05) is 13.0 Å². The average Bonchev–Trinajstić information content (AvgIpc) is 2.98. The third-order valence-electron chi connectivity index (χ3n) is 4.51. The van der Waals surface area contributed by atoms with Gasteiger partial charge in [0.15, 0.2) is 11.2 Å². The lowest BCUT2D eigenvalue weighted by Crippen LogP contribution is -2.33. The topological polar surface area (TPSA) is 84.7 Å². The first-order chi connectivity index (χ1) is 13.9. The van der Waals surface area contributed by atoms with Crippen molar-refractivity contribution in [3.05, 3.63) is 86.6 Å². The highest BCUT2D eigenvalue weighted by Crippen LogP contribution is 2.32. The summed E-state index contributed by atoms with van der Waals surface area (Å²) >= 11 is 0.697. The summed E-state index contributed by atoms with van der Waals surface area (Å²) in [6.45, 7) is 1.51.